The number of fused-ring (bicyclic) bond motifs is 1. The number of rotatable bonds is 4. The van der Waals surface area contributed by atoms with Gasteiger partial charge in [0.05, 0.1) is 19.3 Å². The van der Waals surface area contributed by atoms with Gasteiger partial charge in [0.2, 0.25) is 5.91 Å². The van der Waals surface area contributed by atoms with E-state index in [0.717, 1.165) is 81.6 Å². The normalized spacial score (nSPS) is 20.4. The summed E-state index contributed by atoms with van der Waals surface area (Å²) in [6.45, 7) is 9.40. The number of aliphatic imine (C=N–C) groups is 1. The lowest BCUT2D eigenvalue weighted by molar-refractivity contribution is -0.135. The fourth-order valence-corrected chi connectivity index (χ4v) is 4.51. The second-order valence-electron chi connectivity index (χ2n) is 8.46. The minimum Gasteiger partial charge on any atom is -0.490 e. The topological polar surface area (TPSA) is 69.6 Å². The predicted octanol–water partition coefficient (Wildman–Crippen LogP) is 2.17. The first-order valence-corrected chi connectivity index (χ1v) is 11.5. The van der Waals surface area contributed by atoms with E-state index in [0.29, 0.717) is 19.8 Å². The minimum atomic E-state index is -0.0444. The Hall–Kier alpha value is -1.75. The molecule has 3 aliphatic heterocycles. The lowest BCUT2D eigenvalue weighted by atomic mass is 10.2. The lowest BCUT2D eigenvalue weighted by Crippen LogP contribution is -2.57. The summed E-state index contributed by atoms with van der Waals surface area (Å²) >= 11 is 0. The molecule has 9 heteroatoms. The number of likely N-dealkylation sites (tertiary alicyclic amines) is 1. The largest absolute Gasteiger partial charge is 0.490 e. The van der Waals surface area contributed by atoms with E-state index in [1.165, 1.54) is 0 Å². The molecule has 3 heterocycles. The highest BCUT2D eigenvalue weighted by atomic mass is 127. The summed E-state index contributed by atoms with van der Waals surface area (Å²) in [4.78, 5) is 23.8. The number of ether oxygens (including phenoxy) is 2. The first-order chi connectivity index (χ1) is 15.2. The van der Waals surface area contributed by atoms with E-state index in [1.54, 1.807) is 0 Å². The van der Waals surface area contributed by atoms with Gasteiger partial charge in [0, 0.05) is 59.3 Å². The molecule has 0 spiro atoms. The molecule has 1 amide bonds. The van der Waals surface area contributed by atoms with Crippen LogP contribution in [0.15, 0.2) is 23.2 Å². The van der Waals surface area contributed by atoms with Crippen LogP contribution in [0.4, 0.5) is 0 Å². The van der Waals surface area contributed by atoms with E-state index >= 15 is 0 Å². The zero-order chi connectivity index (χ0) is 21.6. The van der Waals surface area contributed by atoms with E-state index in [4.69, 9.17) is 9.47 Å². The van der Waals surface area contributed by atoms with Gasteiger partial charge in [-0.2, -0.15) is 0 Å². The van der Waals surface area contributed by atoms with Crippen molar-refractivity contribution in [3.8, 4) is 11.5 Å². The van der Waals surface area contributed by atoms with Crippen LogP contribution in [-0.2, 0) is 11.3 Å². The predicted molar refractivity (Wildman–Crippen MR) is 136 cm³/mol. The van der Waals surface area contributed by atoms with Crippen LogP contribution < -0.4 is 14.8 Å². The molecule has 8 nitrogen and oxygen atoms in total. The second-order valence-corrected chi connectivity index (χ2v) is 8.46. The van der Waals surface area contributed by atoms with E-state index in [2.05, 4.69) is 26.2 Å². The monoisotopic (exact) mass is 557 g/mol. The molecule has 32 heavy (non-hydrogen) atoms. The van der Waals surface area contributed by atoms with Crippen molar-refractivity contribution in [2.75, 3.05) is 59.5 Å². The molecular formula is C23H36IN5O3. The molecule has 1 N–H and O–H groups in total. The molecule has 0 bridgehead atoms. The standard InChI is InChI=1S/C23H35N5O3.HI/c1-18(22(29)27-8-3-4-9-27)26-10-12-28(13-11-26)23(24-2)25-17-19-6-7-20-21(16-19)31-15-5-14-30-20;/h6-7,16,18H,3-5,8-15,17H2,1-2H3,(H,24,25);1H. The zero-order valence-electron chi connectivity index (χ0n) is 19.2. The molecule has 0 aliphatic carbocycles. The molecule has 1 aromatic carbocycles. The van der Waals surface area contributed by atoms with Crippen LogP contribution in [0.1, 0.15) is 31.7 Å². The third-order valence-electron chi connectivity index (χ3n) is 6.41. The van der Waals surface area contributed by atoms with Gasteiger partial charge in [-0.15, -0.1) is 24.0 Å². The minimum absolute atomic E-state index is 0. The zero-order valence-corrected chi connectivity index (χ0v) is 21.5. The summed E-state index contributed by atoms with van der Waals surface area (Å²) in [7, 11) is 1.82. The summed E-state index contributed by atoms with van der Waals surface area (Å²) in [6, 6.07) is 6.05. The van der Waals surface area contributed by atoms with Crippen LogP contribution in [0.25, 0.3) is 0 Å². The number of carbonyl (C=O) groups excluding carboxylic acids is 1. The highest BCUT2D eigenvalue weighted by Crippen LogP contribution is 2.30. The van der Waals surface area contributed by atoms with Crippen molar-refractivity contribution in [1.82, 2.24) is 20.0 Å². The Morgan fingerprint density at radius 1 is 1.00 bits per heavy atom. The number of hydrogen-bond acceptors (Lipinski definition) is 5. The first kappa shape index (κ1) is 24.9. The number of nitrogens with zero attached hydrogens (tertiary/aromatic N) is 4. The van der Waals surface area contributed by atoms with Gasteiger partial charge in [0.25, 0.3) is 0 Å². The molecule has 0 saturated carbocycles. The Kier molecular flexibility index (Phi) is 9.27. The molecule has 1 unspecified atom stereocenters. The first-order valence-electron chi connectivity index (χ1n) is 11.5. The smallest absolute Gasteiger partial charge is 0.239 e. The maximum Gasteiger partial charge on any atom is 0.239 e. The quantitative estimate of drug-likeness (QED) is 0.348. The summed E-state index contributed by atoms with van der Waals surface area (Å²) in [5.74, 6) is 2.81. The number of nitrogens with one attached hydrogen (secondary N) is 1. The molecule has 0 aromatic heterocycles. The number of hydrogen-bond donors (Lipinski definition) is 1. The summed E-state index contributed by atoms with van der Waals surface area (Å²) in [5.41, 5.74) is 1.13. The molecule has 0 radical (unpaired) electrons. The maximum absolute atomic E-state index is 12.7. The molecule has 2 saturated heterocycles. The number of carbonyl (C=O) groups is 1. The third-order valence-corrected chi connectivity index (χ3v) is 6.41. The van der Waals surface area contributed by atoms with Crippen molar-refractivity contribution in [3.05, 3.63) is 23.8 Å². The van der Waals surface area contributed by atoms with Crippen molar-refractivity contribution in [2.24, 2.45) is 4.99 Å². The number of amides is 1. The maximum atomic E-state index is 12.7. The fraction of sp³-hybridized carbons (Fsp3) is 0.652. The lowest BCUT2D eigenvalue weighted by Gasteiger charge is -2.39. The van der Waals surface area contributed by atoms with Gasteiger partial charge in [0.1, 0.15) is 0 Å². The summed E-state index contributed by atoms with van der Waals surface area (Å²) in [5, 5.41) is 3.48. The van der Waals surface area contributed by atoms with E-state index in [1.807, 2.05) is 31.0 Å². The van der Waals surface area contributed by atoms with Gasteiger partial charge in [-0.25, -0.2) is 0 Å². The number of benzene rings is 1. The van der Waals surface area contributed by atoms with E-state index in [-0.39, 0.29) is 35.9 Å². The number of piperazine rings is 1. The average Bonchev–Trinajstić information content (AvgIpc) is 3.25. The Bertz CT molecular complexity index is 792. The third kappa shape index (κ3) is 5.98. The molecule has 178 valence electrons. The van der Waals surface area contributed by atoms with Crippen LogP contribution in [-0.4, -0.2) is 92.1 Å². The number of halogens is 1. The Morgan fingerprint density at radius 2 is 1.69 bits per heavy atom. The van der Waals surface area contributed by atoms with Gasteiger partial charge in [-0.3, -0.25) is 14.7 Å². The highest BCUT2D eigenvalue weighted by Gasteiger charge is 2.30. The van der Waals surface area contributed by atoms with Crippen molar-refractivity contribution in [2.45, 2.75) is 38.8 Å². The average molecular weight is 557 g/mol. The molecule has 3 aliphatic rings. The van der Waals surface area contributed by atoms with Crippen LogP contribution in [0, 0.1) is 0 Å². The molecule has 4 rings (SSSR count). The van der Waals surface area contributed by atoms with E-state index in [9.17, 15) is 4.79 Å². The van der Waals surface area contributed by atoms with Crippen molar-refractivity contribution >= 4 is 35.8 Å². The fourth-order valence-electron chi connectivity index (χ4n) is 4.51. The highest BCUT2D eigenvalue weighted by molar-refractivity contribution is 14.0. The molecular weight excluding hydrogens is 521 g/mol. The van der Waals surface area contributed by atoms with Gasteiger partial charge in [0.15, 0.2) is 17.5 Å². The Morgan fingerprint density at radius 3 is 2.38 bits per heavy atom. The van der Waals surface area contributed by atoms with Crippen molar-refractivity contribution < 1.29 is 14.3 Å². The van der Waals surface area contributed by atoms with Gasteiger partial charge in [-0.05, 0) is 37.5 Å². The van der Waals surface area contributed by atoms with Gasteiger partial charge < -0.3 is 24.6 Å². The van der Waals surface area contributed by atoms with E-state index < -0.39 is 0 Å². The van der Waals surface area contributed by atoms with Crippen LogP contribution >= 0.6 is 24.0 Å². The summed E-state index contributed by atoms with van der Waals surface area (Å²) in [6.07, 6.45) is 3.18. The SMILES string of the molecule is CN=C(NCc1ccc2c(c1)OCCCO2)N1CCN(C(C)C(=O)N2CCCC2)CC1.I. The molecule has 1 aromatic rings. The van der Waals surface area contributed by atoms with Crippen LogP contribution in [0.5, 0.6) is 11.5 Å². The van der Waals surface area contributed by atoms with Gasteiger partial charge >= 0.3 is 0 Å². The second kappa shape index (κ2) is 11.9. The van der Waals surface area contributed by atoms with Crippen LogP contribution in [0.3, 0.4) is 0 Å². The molecule has 1 atom stereocenters. The Balaban J connectivity index is 0.00000289. The van der Waals surface area contributed by atoms with Crippen molar-refractivity contribution in [3.63, 3.8) is 0 Å². The molecule has 2 fully saturated rings. The number of guanidine groups is 1. The summed E-state index contributed by atoms with van der Waals surface area (Å²) < 4.78 is 11.5. The van der Waals surface area contributed by atoms with Crippen LogP contribution in [0.2, 0.25) is 0 Å². The van der Waals surface area contributed by atoms with Gasteiger partial charge in [-0.1, -0.05) is 6.07 Å². The Labute approximate surface area is 208 Å². The van der Waals surface area contributed by atoms with Crippen molar-refractivity contribution in [1.29, 1.82) is 0 Å².